The number of morpholine rings is 1. The molecular weight excluding hydrogens is 368 g/mol. The molecule has 1 aromatic carbocycles. The minimum atomic E-state index is -0.528. The molecule has 6 heteroatoms. The first-order valence-corrected chi connectivity index (χ1v) is 11.1. The highest BCUT2D eigenvalue weighted by atomic mass is 16.5. The molecule has 0 unspecified atom stereocenters. The van der Waals surface area contributed by atoms with Crippen LogP contribution in [0.15, 0.2) is 18.2 Å². The van der Waals surface area contributed by atoms with Crippen LogP contribution in [0.25, 0.3) is 0 Å². The van der Waals surface area contributed by atoms with Gasteiger partial charge in [0.1, 0.15) is 5.75 Å². The van der Waals surface area contributed by atoms with Gasteiger partial charge in [-0.1, -0.05) is 6.07 Å². The summed E-state index contributed by atoms with van der Waals surface area (Å²) in [6.07, 6.45) is 7.02. The van der Waals surface area contributed by atoms with Gasteiger partial charge in [-0.25, -0.2) is 0 Å². The third-order valence-corrected chi connectivity index (χ3v) is 6.88. The van der Waals surface area contributed by atoms with Gasteiger partial charge in [0.05, 0.1) is 25.4 Å². The van der Waals surface area contributed by atoms with Crippen LogP contribution < -0.4 is 4.74 Å². The first-order valence-electron chi connectivity index (χ1n) is 11.1. The topological polar surface area (TPSA) is 62.2 Å². The molecule has 0 bridgehead atoms. The summed E-state index contributed by atoms with van der Waals surface area (Å²) in [5.74, 6) is 0.692. The SMILES string of the molecule is CN(C(=O)COc1ccc2c(c1)CCCC2)[C@@H]1CCC[C@@H](N2CCOCC2)[C@@H]1O. The van der Waals surface area contributed by atoms with Crippen molar-refractivity contribution in [2.45, 2.75) is 63.1 Å². The third kappa shape index (κ3) is 4.76. The predicted molar refractivity (Wildman–Crippen MR) is 111 cm³/mol. The molecule has 1 saturated heterocycles. The lowest BCUT2D eigenvalue weighted by molar-refractivity contribution is -0.140. The van der Waals surface area contributed by atoms with E-state index in [9.17, 15) is 9.90 Å². The highest BCUT2D eigenvalue weighted by Crippen LogP contribution is 2.28. The third-order valence-electron chi connectivity index (χ3n) is 6.88. The van der Waals surface area contributed by atoms with Gasteiger partial charge in [0.2, 0.25) is 0 Å². The first kappa shape index (κ1) is 20.6. The number of carbonyl (C=O) groups is 1. The quantitative estimate of drug-likeness (QED) is 0.817. The van der Waals surface area contributed by atoms with Gasteiger partial charge in [-0.05, 0) is 68.2 Å². The molecule has 2 aliphatic carbocycles. The zero-order chi connectivity index (χ0) is 20.2. The van der Waals surface area contributed by atoms with E-state index in [-0.39, 0.29) is 24.6 Å². The van der Waals surface area contributed by atoms with Crippen molar-refractivity contribution in [3.63, 3.8) is 0 Å². The van der Waals surface area contributed by atoms with Crippen molar-refractivity contribution in [2.75, 3.05) is 40.0 Å². The number of ether oxygens (including phenoxy) is 2. The fourth-order valence-electron chi connectivity index (χ4n) is 5.10. The molecule has 160 valence electrons. The molecule has 1 saturated carbocycles. The van der Waals surface area contributed by atoms with Crippen LogP contribution in [0.4, 0.5) is 0 Å². The van der Waals surface area contributed by atoms with Crippen LogP contribution in [-0.4, -0.2) is 79.0 Å². The molecule has 4 rings (SSSR count). The van der Waals surface area contributed by atoms with Gasteiger partial charge in [0, 0.05) is 26.2 Å². The van der Waals surface area contributed by atoms with Crippen molar-refractivity contribution in [1.82, 2.24) is 9.80 Å². The van der Waals surface area contributed by atoms with Gasteiger partial charge in [-0.15, -0.1) is 0 Å². The van der Waals surface area contributed by atoms with E-state index in [1.165, 1.54) is 24.0 Å². The monoisotopic (exact) mass is 402 g/mol. The zero-order valence-electron chi connectivity index (χ0n) is 17.5. The molecule has 1 amide bonds. The summed E-state index contributed by atoms with van der Waals surface area (Å²) in [6, 6.07) is 6.15. The van der Waals surface area contributed by atoms with Gasteiger partial charge in [0.15, 0.2) is 6.61 Å². The molecule has 1 heterocycles. The second kappa shape index (κ2) is 9.45. The second-order valence-corrected chi connectivity index (χ2v) is 8.64. The lowest BCUT2D eigenvalue weighted by Gasteiger charge is -2.45. The van der Waals surface area contributed by atoms with Crippen molar-refractivity contribution < 1.29 is 19.4 Å². The van der Waals surface area contributed by atoms with Crippen molar-refractivity contribution >= 4 is 5.91 Å². The number of rotatable bonds is 5. The average molecular weight is 403 g/mol. The highest BCUT2D eigenvalue weighted by molar-refractivity contribution is 5.78. The number of amides is 1. The number of carbonyl (C=O) groups excluding carboxylic acids is 1. The highest BCUT2D eigenvalue weighted by Gasteiger charge is 2.39. The summed E-state index contributed by atoms with van der Waals surface area (Å²) in [5, 5.41) is 11.0. The number of fused-ring (bicyclic) bond motifs is 1. The van der Waals surface area contributed by atoms with Crippen LogP contribution in [0, 0.1) is 0 Å². The van der Waals surface area contributed by atoms with Crippen LogP contribution in [0.3, 0.4) is 0 Å². The molecule has 0 spiro atoms. The molecule has 0 aromatic heterocycles. The average Bonchev–Trinajstić information content (AvgIpc) is 2.77. The molecular formula is C23H34N2O4. The van der Waals surface area contributed by atoms with Crippen LogP contribution >= 0.6 is 0 Å². The van der Waals surface area contributed by atoms with Gasteiger partial charge < -0.3 is 19.5 Å². The standard InChI is InChI=1S/C23H34N2O4/c1-24(20-7-4-8-21(23(20)27)25-11-13-28-14-12-25)22(26)16-29-19-10-9-17-5-2-3-6-18(17)15-19/h9-10,15,20-21,23,27H,2-8,11-14,16H2,1H3/t20-,21-,23-/m1/s1. The van der Waals surface area contributed by atoms with E-state index >= 15 is 0 Å². The fraction of sp³-hybridized carbons (Fsp3) is 0.696. The Morgan fingerprint density at radius 3 is 2.72 bits per heavy atom. The molecule has 1 aromatic rings. The molecule has 3 atom stereocenters. The maximum atomic E-state index is 12.8. The van der Waals surface area contributed by atoms with Gasteiger partial charge in [-0.2, -0.15) is 0 Å². The minimum absolute atomic E-state index is 0.0146. The van der Waals surface area contributed by atoms with Crippen LogP contribution in [-0.2, 0) is 22.4 Å². The summed E-state index contributed by atoms with van der Waals surface area (Å²) in [6.45, 7) is 3.16. The number of aryl methyl sites for hydroxylation is 2. The molecule has 3 aliphatic rings. The van der Waals surface area contributed by atoms with Crippen LogP contribution in [0.2, 0.25) is 0 Å². The lowest BCUT2D eigenvalue weighted by Crippen LogP contribution is -2.59. The summed E-state index contributed by atoms with van der Waals surface area (Å²) < 4.78 is 11.3. The van der Waals surface area contributed by atoms with Crippen LogP contribution in [0.1, 0.15) is 43.2 Å². The molecule has 0 radical (unpaired) electrons. The van der Waals surface area contributed by atoms with E-state index < -0.39 is 6.10 Å². The Hall–Kier alpha value is -1.63. The Kier molecular flexibility index (Phi) is 6.73. The summed E-state index contributed by atoms with van der Waals surface area (Å²) in [4.78, 5) is 16.8. The summed E-state index contributed by atoms with van der Waals surface area (Å²) >= 11 is 0. The van der Waals surface area contributed by atoms with E-state index in [1.807, 2.05) is 6.07 Å². The molecule has 1 N–H and O–H groups in total. The van der Waals surface area contributed by atoms with Crippen molar-refractivity contribution in [2.24, 2.45) is 0 Å². The van der Waals surface area contributed by atoms with E-state index in [1.54, 1.807) is 11.9 Å². The van der Waals surface area contributed by atoms with Gasteiger partial charge in [-0.3, -0.25) is 9.69 Å². The van der Waals surface area contributed by atoms with Crippen molar-refractivity contribution in [3.8, 4) is 5.75 Å². The normalized spacial score (nSPS) is 27.9. The fourth-order valence-corrected chi connectivity index (χ4v) is 5.10. The van der Waals surface area contributed by atoms with Crippen molar-refractivity contribution in [1.29, 1.82) is 0 Å². The largest absolute Gasteiger partial charge is 0.484 e. The number of nitrogens with zero attached hydrogens (tertiary/aromatic N) is 2. The number of aliphatic hydroxyl groups is 1. The number of aliphatic hydroxyl groups excluding tert-OH is 1. The Balaban J connectivity index is 1.33. The number of hydrogen-bond donors (Lipinski definition) is 1. The summed E-state index contributed by atoms with van der Waals surface area (Å²) in [5.41, 5.74) is 2.76. The smallest absolute Gasteiger partial charge is 0.260 e. The van der Waals surface area contributed by atoms with E-state index in [2.05, 4.69) is 17.0 Å². The van der Waals surface area contributed by atoms with Gasteiger partial charge in [0.25, 0.3) is 5.91 Å². The number of benzene rings is 1. The van der Waals surface area contributed by atoms with Crippen LogP contribution in [0.5, 0.6) is 5.75 Å². The maximum absolute atomic E-state index is 12.8. The molecule has 29 heavy (non-hydrogen) atoms. The van der Waals surface area contributed by atoms with Gasteiger partial charge >= 0.3 is 0 Å². The number of likely N-dealkylation sites (N-methyl/N-ethyl adjacent to an activating group) is 1. The molecule has 6 nitrogen and oxygen atoms in total. The summed E-state index contributed by atoms with van der Waals surface area (Å²) in [7, 11) is 1.80. The minimum Gasteiger partial charge on any atom is -0.484 e. The van der Waals surface area contributed by atoms with E-state index in [4.69, 9.17) is 9.47 Å². The van der Waals surface area contributed by atoms with E-state index in [0.717, 1.165) is 64.2 Å². The Morgan fingerprint density at radius 1 is 1.17 bits per heavy atom. The second-order valence-electron chi connectivity index (χ2n) is 8.64. The number of hydrogen-bond acceptors (Lipinski definition) is 5. The van der Waals surface area contributed by atoms with E-state index in [0.29, 0.717) is 0 Å². The predicted octanol–water partition coefficient (Wildman–Crippen LogP) is 2.02. The Labute approximate surface area is 173 Å². The maximum Gasteiger partial charge on any atom is 0.260 e. The lowest BCUT2D eigenvalue weighted by atomic mass is 9.86. The van der Waals surface area contributed by atoms with Crippen molar-refractivity contribution in [3.05, 3.63) is 29.3 Å². The Morgan fingerprint density at radius 2 is 1.93 bits per heavy atom. The Bertz CT molecular complexity index is 704. The zero-order valence-corrected chi connectivity index (χ0v) is 17.5. The molecule has 2 fully saturated rings. The first-order chi connectivity index (χ1) is 14.1. The molecule has 1 aliphatic heterocycles.